The van der Waals surface area contributed by atoms with Crippen LogP contribution in [-0.2, 0) is 24.6 Å². The van der Waals surface area contributed by atoms with E-state index in [4.69, 9.17) is 0 Å². The van der Waals surface area contributed by atoms with Crippen molar-refractivity contribution in [1.82, 2.24) is 4.90 Å². The summed E-state index contributed by atoms with van der Waals surface area (Å²) in [6.45, 7) is 15.9. The van der Waals surface area contributed by atoms with Crippen molar-refractivity contribution in [3.05, 3.63) is 124 Å². The van der Waals surface area contributed by atoms with E-state index in [1.807, 2.05) is 12.1 Å². The number of aromatic hydroxyl groups is 1. The van der Waals surface area contributed by atoms with E-state index in [9.17, 15) is 5.11 Å². The molecule has 2 aliphatic carbocycles. The maximum absolute atomic E-state index is 10.5. The minimum Gasteiger partial charge on any atom is -1.00 e. The molecule has 4 aromatic rings. The fourth-order valence-electron chi connectivity index (χ4n) is 7.96. The SMILES string of the molecule is CC1=[C-]c2ccccc2C1N1CCCC1.CCCCC1(CCCC)c2ccccc2-c2ccc(-c3cc(C)ccc3O)cc21.C[Si](C)=[Ti+2].[Cl-].[Cl-]. The number of likely N-dealkylation sites (tertiary alicyclic amines) is 1. The van der Waals surface area contributed by atoms with E-state index in [1.165, 1.54) is 109 Å². The average Bonchev–Trinajstić information content (AvgIpc) is 3.79. The molecule has 3 aliphatic rings. The number of benzene rings is 4. The van der Waals surface area contributed by atoms with E-state index in [-0.39, 0.29) is 36.4 Å². The van der Waals surface area contributed by atoms with Crippen molar-refractivity contribution in [3.8, 4) is 28.0 Å². The number of halogens is 2. The van der Waals surface area contributed by atoms with Crippen LogP contribution in [0.3, 0.4) is 0 Å². The van der Waals surface area contributed by atoms with Crippen LogP contribution < -0.4 is 24.8 Å². The molecule has 0 saturated carbocycles. The predicted octanol–water partition coefficient (Wildman–Crippen LogP) is 5.74. The van der Waals surface area contributed by atoms with Gasteiger partial charge in [0.2, 0.25) is 0 Å². The molecule has 0 aromatic heterocycles. The Bertz CT molecular complexity index is 1750. The second-order valence-electron chi connectivity index (χ2n) is 14.2. The molecule has 0 amide bonds. The number of phenolic OH excluding ortho intramolecular Hbond substituents is 1. The average molecular weight is 760 g/mol. The summed E-state index contributed by atoms with van der Waals surface area (Å²) in [5.74, 6) is 0.360. The molecule has 1 fully saturated rings. The predicted molar refractivity (Wildman–Crippen MR) is 203 cm³/mol. The van der Waals surface area contributed by atoms with E-state index in [1.54, 1.807) is 0 Å². The Labute approximate surface area is 327 Å². The number of hydrogen-bond acceptors (Lipinski definition) is 2. The van der Waals surface area contributed by atoms with Crippen molar-refractivity contribution >= 4 is 6.19 Å². The van der Waals surface area contributed by atoms with Gasteiger partial charge in [-0.3, -0.25) is 0 Å². The molecule has 0 bridgehead atoms. The molecule has 264 valence electrons. The maximum Gasteiger partial charge on any atom is -1.00 e. The summed E-state index contributed by atoms with van der Waals surface area (Å²) in [6.07, 6.45) is 13.6. The number of aryl methyl sites for hydroxylation is 1. The second kappa shape index (κ2) is 19.7. The first kappa shape index (κ1) is 42.3. The molecule has 1 N–H and O–H groups in total. The van der Waals surface area contributed by atoms with Gasteiger partial charge >= 0.3 is 38.5 Å². The van der Waals surface area contributed by atoms with E-state index in [0.717, 1.165) is 11.1 Å². The third kappa shape index (κ3) is 9.46. The molecule has 0 radical (unpaired) electrons. The van der Waals surface area contributed by atoms with Gasteiger partial charge in [0.15, 0.2) is 0 Å². The molecule has 0 spiro atoms. The first-order valence-electron chi connectivity index (χ1n) is 18.2. The standard InChI is InChI=1S/C28H32O.C14H16N.C2H6Si.2ClH.Ti/c1-4-6-16-28(17-7-5-2)25-11-9-8-10-22(25)23-14-13-21(19-26(23)28)24-18-20(3)12-15-27(24)29;1-11-10-12-6-2-3-7-13(12)14(11)15-8-4-5-9-15;1-3-2;;;/h8-15,18-19,29H,4-7,16-17H2,1-3H3;2-3,6-7,14H,4-5,8-9H2,1H3;1-2H3;2*1H;/q;-1;;;;+2/p-2. The molecular weight excluding hydrogens is 705 g/mol. The molecule has 50 heavy (non-hydrogen) atoms. The van der Waals surface area contributed by atoms with Crippen molar-refractivity contribution in [2.24, 2.45) is 0 Å². The van der Waals surface area contributed by atoms with Gasteiger partial charge in [0.05, 0.1) is 0 Å². The third-order valence-corrected chi connectivity index (χ3v) is 10.1. The van der Waals surface area contributed by atoms with Crippen LogP contribution >= 0.6 is 0 Å². The Morgan fingerprint density at radius 2 is 1.38 bits per heavy atom. The fraction of sp³-hybridized carbons (Fsp3) is 0.409. The van der Waals surface area contributed by atoms with Crippen LogP contribution in [0.2, 0.25) is 13.1 Å². The van der Waals surface area contributed by atoms with Gasteiger partial charge in [-0.1, -0.05) is 101 Å². The molecule has 1 unspecified atom stereocenters. The number of fused-ring (bicyclic) bond motifs is 4. The van der Waals surface area contributed by atoms with Gasteiger partial charge in [0.25, 0.3) is 0 Å². The van der Waals surface area contributed by atoms with Crippen LogP contribution in [0.25, 0.3) is 22.3 Å². The summed E-state index contributed by atoms with van der Waals surface area (Å²) in [4.78, 5) is 2.59. The van der Waals surface area contributed by atoms with E-state index < -0.39 is 0 Å². The summed E-state index contributed by atoms with van der Waals surface area (Å²) < 4.78 is 0. The Kier molecular flexibility index (Phi) is 16.6. The number of rotatable bonds is 8. The summed E-state index contributed by atoms with van der Waals surface area (Å²) in [7, 11) is 0. The van der Waals surface area contributed by atoms with E-state index in [0.29, 0.717) is 11.8 Å². The van der Waals surface area contributed by atoms with Gasteiger partial charge in [-0.05, 0) is 91.7 Å². The molecule has 2 nitrogen and oxygen atoms in total. The molecule has 4 aromatic carbocycles. The Morgan fingerprint density at radius 3 is 2.04 bits per heavy atom. The van der Waals surface area contributed by atoms with Gasteiger partial charge in [-0.2, -0.15) is 17.7 Å². The zero-order chi connectivity index (χ0) is 34.3. The van der Waals surface area contributed by atoms with Gasteiger partial charge in [0.1, 0.15) is 5.75 Å². The van der Waals surface area contributed by atoms with Crippen molar-refractivity contribution in [1.29, 1.82) is 0 Å². The van der Waals surface area contributed by atoms with Crippen molar-refractivity contribution in [3.63, 3.8) is 0 Å². The van der Waals surface area contributed by atoms with Crippen molar-refractivity contribution < 1.29 is 49.1 Å². The second-order valence-corrected chi connectivity index (χ2v) is 20.8. The first-order valence-corrected chi connectivity index (χ1v) is 23.0. The maximum atomic E-state index is 10.5. The quantitative estimate of drug-likeness (QED) is 0.183. The molecule has 1 heterocycles. The largest absolute Gasteiger partial charge is 1.00 e. The smallest absolute Gasteiger partial charge is 1.00 e. The Balaban J connectivity index is 0.000000270. The molecular formula is C44H54Cl2NOSiTi-. The number of phenols is 1. The van der Waals surface area contributed by atoms with Crippen LogP contribution in [0.5, 0.6) is 5.75 Å². The fourth-order valence-corrected chi connectivity index (χ4v) is 7.96. The number of unbranched alkanes of at least 4 members (excludes halogenated alkanes) is 2. The normalized spacial score (nSPS) is 16.2. The van der Waals surface area contributed by atoms with Gasteiger partial charge < -0.3 is 34.8 Å². The van der Waals surface area contributed by atoms with Gasteiger partial charge in [-0.25, -0.2) is 0 Å². The van der Waals surface area contributed by atoms with Crippen LogP contribution in [-0.4, -0.2) is 29.3 Å². The minimum absolute atomic E-state index is 0. The summed E-state index contributed by atoms with van der Waals surface area (Å²) in [5, 5.41) is 10.5. The molecule has 7 rings (SSSR count). The zero-order valence-electron chi connectivity index (χ0n) is 30.9. The summed E-state index contributed by atoms with van der Waals surface area (Å²) >= 11 is 2.27. The van der Waals surface area contributed by atoms with Crippen LogP contribution in [0, 0.1) is 13.0 Å². The van der Waals surface area contributed by atoms with E-state index >= 15 is 0 Å². The minimum atomic E-state index is 0. The van der Waals surface area contributed by atoms with Gasteiger partial charge in [0, 0.05) is 17.0 Å². The summed E-state index contributed by atoms with van der Waals surface area (Å²) in [6, 6.07) is 30.9. The van der Waals surface area contributed by atoms with Gasteiger partial charge in [-0.15, -0.1) is 23.3 Å². The Morgan fingerprint density at radius 1 is 0.780 bits per heavy atom. The van der Waals surface area contributed by atoms with Crippen LogP contribution in [0.15, 0.2) is 90.5 Å². The summed E-state index contributed by atoms with van der Waals surface area (Å²) in [5.41, 5.74) is 13.2. The monoisotopic (exact) mass is 758 g/mol. The zero-order valence-corrected chi connectivity index (χ0v) is 35.0. The first-order chi connectivity index (χ1) is 23.2. The third-order valence-electron chi connectivity index (χ3n) is 10.1. The molecule has 1 aliphatic heterocycles. The topological polar surface area (TPSA) is 23.5 Å². The number of hydrogen-bond donors (Lipinski definition) is 1. The Hall–Kier alpha value is -2.11. The van der Waals surface area contributed by atoms with Crippen LogP contribution in [0.4, 0.5) is 0 Å². The van der Waals surface area contributed by atoms with Crippen molar-refractivity contribution in [2.45, 2.75) is 104 Å². The number of nitrogens with zero attached hydrogens (tertiary/aromatic N) is 1. The molecule has 1 atom stereocenters. The van der Waals surface area contributed by atoms with Crippen LogP contribution in [0.1, 0.15) is 106 Å². The van der Waals surface area contributed by atoms with E-state index in [2.05, 4.69) is 144 Å². The molecule has 1 saturated heterocycles. The molecule has 6 heteroatoms. The van der Waals surface area contributed by atoms with Crippen molar-refractivity contribution in [2.75, 3.05) is 13.1 Å².